The van der Waals surface area contributed by atoms with E-state index < -0.39 is 0 Å². The summed E-state index contributed by atoms with van der Waals surface area (Å²) < 4.78 is 5.20. The van der Waals surface area contributed by atoms with Crippen molar-refractivity contribution in [3.05, 3.63) is 0 Å². The van der Waals surface area contributed by atoms with E-state index in [2.05, 4.69) is 6.92 Å². The molecule has 0 aliphatic heterocycles. The largest absolute Gasteiger partial charge is 0.466 e. The molecular formula is C22H42O3. The molecule has 0 heterocycles. The Morgan fingerprint density at radius 1 is 0.680 bits per heavy atom. The molecule has 0 bridgehead atoms. The monoisotopic (exact) mass is 354 g/mol. The van der Waals surface area contributed by atoms with Crippen molar-refractivity contribution >= 4 is 12.3 Å². The first kappa shape index (κ1) is 24.1. The number of esters is 1. The van der Waals surface area contributed by atoms with Crippen LogP contribution in [0.3, 0.4) is 0 Å². The van der Waals surface area contributed by atoms with Crippen LogP contribution in [-0.2, 0) is 14.3 Å². The summed E-state index contributed by atoms with van der Waals surface area (Å²) in [7, 11) is 0. The lowest BCUT2D eigenvalue weighted by Gasteiger charge is -2.05. The first-order valence-electron chi connectivity index (χ1n) is 10.9. The Morgan fingerprint density at radius 3 is 1.68 bits per heavy atom. The number of carbonyl (C=O) groups is 2. The van der Waals surface area contributed by atoms with Gasteiger partial charge in [0.15, 0.2) is 0 Å². The topological polar surface area (TPSA) is 43.4 Å². The van der Waals surface area contributed by atoms with Crippen molar-refractivity contribution in [3.8, 4) is 0 Å². The summed E-state index contributed by atoms with van der Waals surface area (Å²) in [5.41, 5.74) is 0. The third kappa shape index (κ3) is 21.1. The fourth-order valence-electron chi connectivity index (χ4n) is 3.05. The van der Waals surface area contributed by atoms with Crippen LogP contribution in [0.15, 0.2) is 0 Å². The summed E-state index contributed by atoms with van der Waals surface area (Å²) in [6.07, 6.45) is 22.0. The highest BCUT2D eigenvalue weighted by atomic mass is 16.5. The number of aldehydes is 1. The summed E-state index contributed by atoms with van der Waals surface area (Å²) in [6, 6.07) is 0. The quantitative estimate of drug-likeness (QED) is 0.138. The maximum Gasteiger partial charge on any atom is 0.305 e. The smallest absolute Gasteiger partial charge is 0.305 e. The Hall–Kier alpha value is -0.860. The number of hydrogen-bond acceptors (Lipinski definition) is 3. The van der Waals surface area contributed by atoms with Gasteiger partial charge in [0.2, 0.25) is 0 Å². The maximum atomic E-state index is 11.6. The van der Waals surface area contributed by atoms with E-state index in [0.29, 0.717) is 19.4 Å². The van der Waals surface area contributed by atoms with Crippen molar-refractivity contribution in [1.82, 2.24) is 0 Å². The van der Waals surface area contributed by atoms with Gasteiger partial charge in [-0.25, -0.2) is 0 Å². The standard InChI is InChI=1S/C22H42O3/c1-2-3-4-5-6-7-8-9-10-11-12-13-16-19-22(24)25-21-18-15-14-17-20-23/h20H,2-19,21H2,1H3. The molecule has 0 fully saturated rings. The zero-order chi connectivity index (χ0) is 18.4. The first-order chi connectivity index (χ1) is 12.3. The molecule has 25 heavy (non-hydrogen) atoms. The number of unbranched alkanes of at least 4 members (excludes halogenated alkanes) is 15. The lowest BCUT2D eigenvalue weighted by Crippen LogP contribution is -2.05. The Bertz CT molecular complexity index is 289. The third-order valence-electron chi connectivity index (χ3n) is 4.71. The Kier molecular flexibility index (Phi) is 20.5. The molecule has 0 N–H and O–H groups in total. The van der Waals surface area contributed by atoms with E-state index in [4.69, 9.17) is 4.74 Å². The highest BCUT2D eigenvalue weighted by Crippen LogP contribution is 2.13. The number of rotatable bonds is 20. The number of carbonyl (C=O) groups excluding carboxylic acids is 2. The Labute approximate surface area is 156 Å². The van der Waals surface area contributed by atoms with E-state index in [1.165, 1.54) is 70.6 Å². The van der Waals surface area contributed by atoms with Crippen LogP contribution in [0.25, 0.3) is 0 Å². The molecular weight excluding hydrogens is 312 g/mol. The lowest BCUT2D eigenvalue weighted by atomic mass is 10.0. The van der Waals surface area contributed by atoms with Crippen LogP contribution < -0.4 is 0 Å². The molecule has 0 spiro atoms. The van der Waals surface area contributed by atoms with E-state index >= 15 is 0 Å². The van der Waals surface area contributed by atoms with E-state index in [9.17, 15) is 9.59 Å². The van der Waals surface area contributed by atoms with Crippen molar-refractivity contribution < 1.29 is 14.3 Å². The summed E-state index contributed by atoms with van der Waals surface area (Å²) in [5.74, 6) is -0.0570. The molecule has 0 amide bonds. The van der Waals surface area contributed by atoms with Gasteiger partial charge in [-0.05, 0) is 25.7 Å². The molecule has 0 aliphatic carbocycles. The molecule has 3 nitrogen and oxygen atoms in total. The molecule has 148 valence electrons. The molecule has 0 aliphatic rings. The fraction of sp³-hybridized carbons (Fsp3) is 0.909. The van der Waals surface area contributed by atoms with E-state index in [-0.39, 0.29) is 5.97 Å². The predicted molar refractivity (Wildman–Crippen MR) is 106 cm³/mol. The van der Waals surface area contributed by atoms with Gasteiger partial charge in [0.05, 0.1) is 6.61 Å². The van der Waals surface area contributed by atoms with Gasteiger partial charge in [0.1, 0.15) is 6.29 Å². The number of ether oxygens (including phenoxy) is 1. The molecule has 0 rings (SSSR count). The van der Waals surface area contributed by atoms with Crippen LogP contribution in [-0.4, -0.2) is 18.9 Å². The average Bonchev–Trinajstić information content (AvgIpc) is 2.62. The van der Waals surface area contributed by atoms with Gasteiger partial charge in [-0.15, -0.1) is 0 Å². The molecule has 0 unspecified atom stereocenters. The highest BCUT2D eigenvalue weighted by Gasteiger charge is 2.02. The normalized spacial score (nSPS) is 10.8. The minimum absolute atomic E-state index is 0.0570. The van der Waals surface area contributed by atoms with Crippen molar-refractivity contribution in [1.29, 1.82) is 0 Å². The van der Waals surface area contributed by atoms with Crippen molar-refractivity contribution in [2.75, 3.05) is 6.61 Å². The average molecular weight is 355 g/mol. The second-order valence-corrected chi connectivity index (χ2v) is 7.23. The van der Waals surface area contributed by atoms with E-state index in [1.54, 1.807) is 0 Å². The van der Waals surface area contributed by atoms with Crippen LogP contribution in [0.2, 0.25) is 0 Å². The summed E-state index contributed by atoms with van der Waals surface area (Å²) >= 11 is 0. The molecule has 0 aromatic carbocycles. The third-order valence-corrected chi connectivity index (χ3v) is 4.71. The van der Waals surface area contributed by atoms with Gasteiger partial charge < -0.3 is 9.53 Å². The second-order valence-electron chi connectivity index (χ2n) is 7.23. The second kappa shape index (κ2) is 21.2. The lowest BCUT2D eigenvalue weighted by molar-refractivity contribution is -0.143. The van der Waals surface area contributed by atoms with Gasteiger partial charge in [-0.2, -0.15) is 0 Å². The van der Waals surface area contributed by atoms with Crippen LogP contribution in [0.1, 0.15) is 122 Å². The van der Waals surface area contributed by atoms with E-state index in [0.717, 1.165) is 38.4 Å². The van der Waals surface area contributed by atoms with Crippen LogP contribution in [0.4, 0.5) is 0 Å². The first-order valence-corrected chi connectivity index (χ1v) is 10.9. The molecule has 0 saturated heterocycles. The summed E-state index contributed by atoms with van der Waals surface area (Å²) in [5, 5.41) is 0. The molecule has 0 aromatic heterocycles. The summed E-state index contributed by atoms with van der Waals surface area (Å²) in [6.45, 7) is 2.78. The van der Waals surface area contributed by atoms with Crippen LogP contribution in [0.5, 0.6) is 0 Å². The zero-order valence-corrected chi connectivity index (χ0v) is 16.7. The van der Waals surface area contributed by atoms with Crippen molar-refractivity contribution in [3.63, 3.8) is 0 Å². The van der Waals surface area contributed by atoms with Gasteiger partial charge in [0.25, 0.3) is 0 Å². The predicted octanol–water partition coefficient (Wildman–Crippen LogP) is 6.77. The molecule has 3 heteroatoms. The fourth-order valence-corrected chi connectivity index (χ4v) is 3.05. The zero-order valence-electron chi connectivity index (χ0n) is 16.7. The maximum absolute atomic E-state index is 11.6. The number of hydrogen-bond donors (Lipinski definition) is 0. The van der Waals surface area contributed by atoms with Crippen molar-refractivity contribution in [2.24, 2.45) is 0 Å². The van der Waals surface area contributed by atoms with Gasteiger partial charge in [-0.3, -0.25) is 4.79 Å². The van der Waals surface area contributed by atoms with Crippen molar-refractivity contribution in [2.45, 2.75) is 122 Å². The molecule has 0 saturated carbocycles. The van der Waals surface area contributed by atoms with Gasteiger partial charge in [-0.1, -0.05) is 84.0 Å². The van der Waals surface area contributed by atoms with Gasteiger partial charge >= 0.3 is 5.97 Å². The van der Waals surface area contributed by atoms with Crippen LogP contribution >= 0.6 is 0 Å². The van der Waals surface area contributed by atoms with E-state index in [1.807, 2.05) is 0 Å². The SMILES string of the molecule is CCCCCCCCCCCCCCCC(=O)OCCCCCC=O. The minimum Gasteiger partial charge on any atom is -0.466 e. The Balaban J connectivity index is 3.12. The van der Waals surface area contributed by atoms with Gasteiger partial charge in [0, 0.05) is 12.8 Å². The summed E-state index contributed by atoms with van der Waals surface area (Å²) in [4.78, 5) is 21.7. The Morgan fingerprint density at radius 2 is 1.16 bits per heavy atom. The highest BCUT2D eigenvalue weighted by molar-refractivity contribution is 5.69. The molecule has 0 radical (unpaired) electrons. The minimum atomic E-state index is -0.0570. The molecule has 0 aromatic rings. The molecule has 0 atom stereocenters. The van der Waals surface area contributed by atoms with Crippen LogP contribution in [0, 0.1) is 0 Å².